The summed E-state index contributed by atoms with van der Waals surface area (Å²) in [6, 6.07) is 12.1. The molecule has 2 unspecified atom stereocenters. The number of halogens is 2. The normalized spacial score (nSPS) is 20.7. The zero-order chi connectivity index (χ0) is 16.9. The van der Waals surface area contributed by atoms with Crippen LogP contribution >= 0.6 is 24.0 Å². The summed E-state index contributed by atoms with van der Waals surface area (Å²) in [6.45, 7) is 1.87. The van der Waals surface area contributed by atoms with Crippen LogP contribution in [0, 0.1) is 5.92 Å². The van der Waals surface area contributed by atoms with Crippen LogP contribution in [-0.4, -0.2) is 36.3 Å². The molecule has 2 aromatic rings. The molecule has 3 rings (SSSR count). The standard InChI is InChI=1S/C20H23ClN2O.ClH/c1-23-11-9-17(14-24)19(13-23)20-16(5-3-10-22-20)8-7-15-4-2-6-18(21)12-15;/h2-6,10,12,14,17,19H,7-9,11,13H2,1H3;1H. The zero-order valence-corrected chi connectivity index (χ0v) is 16.0. The molecule has 0 spiro atoms. The van der Waals surface area contributed by atoms with E-state index in [1.54, 1.807) is 0 Å². The molecule has 2 heterocycles. The Morgan fingerprint density at radius 3 is 2.88 bits per heavy atom. The van der Waals surface area contributed by atoms with Crippen LogP contribution in [0.2, 0.25) is 5.02 Å². The molecule has 1 aromatic carbocycles. The molecule has 3 nitrogen and oxygen atoms in total. The van der Waals surface area contributed by atoms with Crippen molar-refractivity contribution >= 4 is 30.3 Å². The number of likely N-dealkylation sites (tertiary alicyclic amines) is 1. The Morgan fingerprint density at radius 1 is 1.28 bits per heavy atom. The number of likely N-dealkylation sites (N-methyl/N-ethyl adjacent to an activating group) is 1. The quantitative estimate of drug-likeness (QED) is 0.731. The third-order valence-electron chi connectivity index (χ3n) is 4.89. The number of hydrogen-bond donors (Lipinski definition) is 0. The number of carbonyl (C=O) groups excluding carboxylic acids is 1. The summed E-state index contributed by atoms with van der Waals surface area (Å²) < 4.78 is 0. The maximum atomic E-state index is 11.5. The monoisotopic (exact) mass is 378 g/mol. The van der Waals surface area contributed by atoms with Gasteiger partial charge in [-0.25, -0.2) is 0 Å². The van der Waals surface area contributed by atoms with Crippen molar-refractivity contribution < 1.29 is 4.79 Å². The molecule has 1 saturated heterocycles. The van der Waals surface area contributed by atoms with Gasteiger partial charge in [0.25, 0.3) is 0 Å². The largest absolute Gasteiger partial charge is 0.306 e. The van der Waals surface area contributed by atoms with Crippen molar-refractivity contribution in [1.29, 1.82) is 0 Å². The smallest absolute Gasteiger partial charge is 0.123 e. The summed E-state index contributed by atoms with van der Waals surface area (Å²) in [5, 5.41) is 0.772. The molecule has 1 aliphatic rings. The predicted molar refractivity (Wildman–Crippen MR) is 105 cm³/mol. The highest BCUT2D eigenvalue weighted by molar-refractivity contribution is 6.30. The lowest BCUT2D eigenvalue weighted by molar-refractivity contribution is -0.112. The van der Waals surface area contributed by atoms with Gasteiger partial charge in [-0.2, -0.15) is 0 Å². The molecular weight excluding hydrogens is 355 g/mol. The van der Waals surface area contributed by atoms with E-state index in [-0.39, 0.29) is 24.2 Å². The molecular formula is C20H24Cl2N2O. The van der Waals surface area contributed by atoms with Crippen molar-refractivity contribution in [2.24, 2.45) is 5.92 Å². The minimum absolute atomic E-state index is 0. The van der Waals surface area contributed by atoms with E-state index >= 15 is 0 Å². The lowest BCUT2D eigenvalue weighted by Gasteiger charge is -2.34. The van der Waals surface area contributed by atoms with Gasteiger partial charge in [-0.3, -0.25) is 4.98 Å². The minimum Gasteiger partial charge on any atom is -0.306 e. The average Bonchev–Trinajstić information content (AvgIpc) is 2.60. The summed E-state index contributed by atoms with van der Waals surface area (Å²) in [5.41, 5.74) is 3.55. The highest BCUT2D eigenvalue weighted by Gasteiger charge is 2.30. The fourth-order valence-corrected chi connectivity index (χ4v) is 3.77. The number of hydrogen-bond acceptors (Lipinski definition) is 3. The molecule has 1 fully saturated rings. The van der Waals surface area contributed by atoms with Gasteiger partial charge in [-0.1, -0.05) is 29.8 Å². The number of nitrogens with zero attached hydrogens (tertiary/aromatic N) is 2. The predicted octanol–water partition coefficient (Wildman–Crippen LogP) is 4.18. The lowest BCUT2D eigenvalue weighted by atomic mass is 9.82. The molecule has 25 heavy (non-hydrogen) atoms. The summed E-state index contributed by atoms with van der Waals surface area (Å²) in [4.78, 5) is 18.5. The second kappa shape index (κ2) is 9.33. The Hall–Kier alpha value is -1.42. The molecule has 1 aromatic heterocycles. The van der Waals surface area contributed by atoms with Crippen LogP contribution < -0.4 is 0 Å². The van der Waals surface area contributed by atoms with Crippen LogP contribution in [-0.2, 0) is 17.6 Å². The fraction of sp³-hybridized carbons (Fsp3) is 0.400. The second-order valence-corrected chi connectivity index (χ2v) is 7.07. The van der Waals surface area contributed by atoms with Crippen LogP contribution in [0.4, 0.5) is 0 Å². The highest BCUT2D eigenvalue weighted by Crippen LogP contribution is 2.32. The number of rotatable bonds is 5. The Morgan fingerprint density at radius 2 is 2.12 bits per heavy atom. The summed E-state index contributed by atoms with van der Waals surface area (Å²) in [5.74, 6) is 0.262. The first-order chi connectivity index (χ1) is 11.7. The van der Waals surface area contributed by atoms with Crippen LogP contribution in [0.15, 0.2) is 42.6 Å². The lowest BCUT2D eigenvalue weighted by Crippen LogP contribution is -2.38. The van der Waals surface area contributed by atoms with Crippen molar-refractivity contribution in [2.45, 2.75) is 25.2 Å². The van der Waals surface area contributed by atoms with E-state index in [0.717, 1.165) is 49.4 Å². The zero-order valence-electron chi connectivity index (χ0n) is 14.4. The van der Waals surface area contributed by atoms with Gasteiger partial charge in [0.05, 0.1) is 0 Å². The maximum Gasteiger partial charge on any atom is 0.123 e. The van der Waals surface area contributed by atoms with E-state index in [1.807, 2.05) is 30.5 Å². The van der Waals surface area contributed by atoms with Gasteiger partial charge in [-0.05, 0) is 62.2 Å². The number of aromatic nitrogens is 1. The second-order valence-electron chi connectivity index (χ2n) is 6.64. The van der Waals surface area contributed by atoms with E-state index in [2.05, 4.69) is 29.1 Å². The number of pyridine rings is 1. The first-order valence-electron chi connectivity index (χ1n) is 8.49. The van der Waals surface area contributed by atoms with Crippen LogP contribution in [0.3, 0.4) is 0 Å². The fourth-order valence-electron chi connectivity index (χ4n) is 3.55. The molecule has 0 amide bonds. The van der Waals surface area contributed by atoms with Gasteiger partial charge in [0, 0.05) is 35.3 Å². The minimum atomic E-state index is 0. The Labute approximate surface area is 160 Å². The SMILES string of the molecule is CN1CCC(C=O)C(c2ncccc2CCc2cccc(Cl)c2)C1.Cl. The van der Waals surface area contributed by atoms with Crippen molar-refractivity contribution in [1.82, 2.24) is 9.88 Å². The van der Waals surface area contributed by atoms with E-state index in [0.29, 0.717) is 0 Å². The molecule has 1 aliphatic heterocycles. The highest BCUT2D eigenvalue weighted by atomic mass is 35.5. The first kappa shape index (κ1) is 19.9. The number of piperidine rings is 1. The molecule has 134 valence electrons. The Bertz CT molecular complexity index is 708. The van der Waals surface area contributed by atoms with Crippen molar-refractivity contribution in [3.8, 4) is 0 Å². The Balaban J connectivity index is 0.00000225. The van der Waals surface area contributed by atoms with E-state index in [1.165, 1.54) is 11.1 Å². The van der Waals surface area contributed by atoms with Gasteiger partial charge >= 0.3 is 0 Å². The number of carbonyl (C=O) groups is 1. The van der Waals surface area contributed by atoms with Crippen LogP contribution in [0.1, 0.15) is 29.2 Å². The molecule has 0 bridgehead atoms. The first-order valence-corrected chi connectivity index (χ1v) is 8.87. The maximum absolute atomic E-state index is 11.5. The van der Waals surface area contributed by atoms with Gasteiger partial charge in [-0.15, -0.1) is 12.4 Å². The molecule has 0 aliphatic carbocycles. The van der Waals surface area contributed by atoms with Crippen molar-refractivity contribution in [3.63, 3.8) is 0 Å². The Kier molecular flexibility index (Phi) is 7.42. The number of benzene rings is 1. The van der Waals surface area contributed by atoms with E-state index in [4.69, 9.17) is 11.6 Å². The summed E-state index contributed by atoms with van der Waals surface area (Å²) >= 11 is 6.08. The third-order valence-corrected chi connectivity index (χ3v) is 5.13. The van der Waals surface area contributed by atoms with Gasteiger partial charge in [0.2, 0.25) is 0 Å². The molecule has 5 heteroatoms. The third kappa shape index (κ3) is 5.04. The van der Waals surface area contributed by atoms with Crippen LogP contribution in [0.5, 0.6) is 0 Å². The van der Waals surface area contributed by atoms with Crippen molar-refractivity contribution in [2.75, 3.05) is 20.1 Å². The molecule has 0 N–H and O–H groups in total. The van der Waals surface area contributed by atoms with Gasteiger partial charge < -0.3 is 9.69 Å². The average molecular weight is 379 g/mol. The number of aldehydes is 1. The molecule has 0 saturated carbocycles. The topological polar surface area (TPSA) is 33.2 Å². The van der Waals surface area contributed by atoms with Gasteiger partial charge in [0.15, 0.2) is 0 Å². The summed E-state index contributed by atoms with van der Waals surface area (Å²) in [7, 11) is 2.11. The van der Waals surface area contributed by atoms with Crippen molar-refractivity contribution in [3.05, 3.63) is 64.4 Å². The number of aryl methyl sites for hydroxylation is 2. The molecule has 0 radical (unpaired) electrons. The summed E-state index contributed by atoms with van der Waals surface area (Å²) in [6.07, 6.45) is 5.71. The van der Waals surface area contributed by atoms with Gasteiger partial charge in [0.1, 0.15) is 6.29 Å². The molecule has 2 atom stereocenters. The van der Waals surface area contributed by atoms with Crippen LogP contribution in [0.25, 0.3) is 0 Å². The van der Waals surface area contributed by atoms with E-state index in [9.17, 15) is 4.79 Å². The van der Waals surface area contributed by atoms with E-state index < -0.39 is 0 Å².